The number of carbonyl (C=O) groups is 3. The largest absolute Gasteiger partial charge is 0.454 e. The number of amides is 3. The third kappa shape index (κ3) is 5.50. The van der Waals surface area contributed by atoms with E-state index >= 15 is 0 Å². The Kier molecular flexibility index (Phi) is 7.35. The molecule has 0 aliphatic carbocycles. The Morgan fingerprint density at radius 1 is 0.971 bits per heavy atom. The van der Waals surface area contributed by atoms with Crippen molar-refractivity contribution in [3.8, 4) is 11.5 Å². The maximum atomic E-state index is 13.0. The topological polar surface area (TPSA) is 97.0 Å². The van der Waals surface area contributed by atoms with E-state index in [-0.39, 0.29) is 30.4 Å². The second kappa shape index (κ2) is 10.6. The van der Waals surface area contributed by atoms with Crippen LogP contribution in [0.15, 0.2) is 48.5 Å². The smallest absolute Gasteiger partial charge is 0.253 e. The van der Waals surface area contributed by atoms with Crippen molar-refractivity contribution in [1.29, 1.82) is 0 Å². The summed E-state index contributed by atoms with van der Waals surface area (Å²) in [6.07, 6.45) is 1.23. The summed E-state index contributed by atoms with van der Waals surface area (Å²) in [5.41, 5.74) is 1.06. The summed E-state index contributed by atoms with van der Waals surface area (Å²) in [5, 5.41) is 5.91. The molecule has 8 nitrogen and oxygen atoms in total. The number of likely N-dealkylation sites (tertiary alicyclic amines) is 1. The first-order valence-electron chi connectivity index (χ1n) is 11.7. The fraction of sp³-hybridized carbons (Fsp3) is 0.423. The van der Waals surface area contributed by atoms with Gasteiger partial charge in [-0.05, 0) is 55.0 Å². The van der Waals surface area contributed by atoms with Gasteiger partial charge in [0.25, 0.3) is 11.8 Å². The molecule has 0 spiro atoms. The number of nitrogens with one attached hydrogen (secondary N) is 2. The van der Waals surface area contributed by atoms with E-state index in [1.165, 1.54) is 0 Å². The molecule has 4 rings (SSSR count). The van der Waals surface area contributed by atoms with Crippen molar-refractivity contribution in [2.45, 2.75) is 32.7 Å². The minimum atomic E-state index is -0.658. The average molecular weight is 466 g/mol. The Morgan fingerprint density at radius 3 is 2.38 bits per heavy atom. The highest BCUT2D eigenvalue weighted by molar-refractivity contribution is 5.98. The molecule has 3 amide bonds. The van der Waals surface area contributed by atoms with Crippen molar-refractivity contribution >= 4 is 17.7 Å². The Morgan fingerprint density at radius 2 is 1.68 bits per heavy atom. The van der Waals surface area contributed by atoms with Gasteiger partial charge >= 0.3 is 0 Å². The summed E-state index contributed by atoms with van der Waals surface area (Å²) in [5.74, 6) is 0.913. The summed E-state index contributed by atoms with van der Waals surface area (Å²) in [4.78, 5) is 40.7. The molecule has 34 heavy (non-hydrogen) atoms. The zero-order valence-electron chi connectivity index (χ0n) is 19.6. The molecule has 0 bridgehead atoms. The Hall–Kier alpha value is -3.55. The second-order valence-corrected chi connectivity index (χ2v) is 9.15. The average Bonchev–Trinajstić information content (AvgIpc) is 3.34. The summed E-state index contributed by atoms with van der Waals surface area (Å²) in [7, 11) is 0. The third-order valence-corrected chi connectivity index (χ3v) is 6.21. The molecule has 0 unspecified atom stereocenters. The van der Waals surface area contributed by atoms with Crippen LogP contribution < -0.4 is 20.1 Å². The predicted molar refractivity (Wildman–Crippen MR) is 127 cm³/mol. The van der Waals surface area contributed by atoms with Crippen LogP contribution in [0.2, 0.25) is 0 Å². The molecule has 2 aliphatic rings. The highest BCUT2D eigenvalue weighted by atomic mass is 16.7. The molecular weight excluding hydrogens is 434 g/mol. The SMILES string of the molecule is CC(C)CNC(=O)[C@H](NC(=O)c1ccccc1)C1CCN(C(=O)c2ccc3c(c2)OCO3)CC1. The number of hydrogen-bond acceptors (Lipinski definition) is 5. The van der Waals surface area contributed by atoms with E-state index in [1.54, 1.807) is 47.4 Å². The number of piperidine rings is 1. The van der Waals surface area contributed by atoms with Crippen LogP contribution in [-0.4, -0.2) is 55.1 Å². The van der Waals surface area contributed by atoms with Crippen molar-refractivity contribution in [3.05, 3.63) is 59.7 Å². The molecule has 1 atom stereocenters. The number of carbonyl (C=O) groups excluding carboxylic acids is 3. The third-order valence-electron chi connectivity index (χ3n) is 6.21. The zero-order valence-corrected chi connectivity index (χ0v) is 19.6. The van der Waals surface area contributed by atoms with Gasteiger partial charge < -0.3 is 25.0 Å². The van der Waals surface area contributed by atoms with Crippen LogP contribution in [0.4, 0.5) is 0 Å². The van der Waals surface area contributed by atoms with Gasteiger partial charge in [0.15, 0.2) is 11.5 Å². The van der Waals surface area contributed by atoms with E-state index in [9.17, 15) is 14.4 Å². The maximum Gasteiger partial charge on any atom is 0.253 e. The van der Waals surface area contributed by atoms with E-state index in [4.69, 9.17) is 9.47 Å². The molecule has 2 aliphatic heterocycles. The van der Waals surface area contributed by atoms with Gasteiger partial charge in [-0.25, -0.2) is 0 Å². The highest BCUT2D eigenvalue weighted by Crippen LogP contribution is 2.33. The Balaban J connectivity index is 1.41. The molecule has 1 saturated heterocycles. The summed E-state index contributed by atoms with van der Waals surface area (Å²) >= 11 is 0. The fourth-order valence-corrected chi connectivity index (χ4v) is 4.27. The van der Waals surface area contributed by atoms with E-state index in [2.05, 4.69) is 10.6 Å². The molecule has 2 aromatic carbocycles. The molecule has 0 aromatic heterocycles. The summed E-state index contributed by atoms with van der Waals surface area (Å²) in [6.45, 7) is 5.77. The Labute approximate surface area is 199 Å². The van der Waals surface area contributed by atoms with Crippen LogP contribution in [0.3, 0.4) is 0 Å². The van der Waals surface area contributed by atoms with Gasteiger partial charge in [-0.2, -0.15) is 0 Å². The molecule has 180 valence electrons. The maximum absolute atomic E-state index is 13.0. The van der Waals surface area contributed by atoms with Crippen LogP contribution in [0.5, 0.6) is 11.5 Å². The molecular formula is C26H31N3O5. The van der Waals surface area contributed by atoms with Crippen LogP contribution in [0.25, 0.3) is 0 Å². The molecule has 2 aromatic rings. The second-order valence-electron chi connectivity index (χ2n) is 9.15. The summed E-state index contributed by atoms with van der Waals surface area (Å²) in [6, 6.07) is 13.4. The fourth-order valence-electron chi connectivity index (χ4n) is 4.27. The lowest BCUT2D eigenvalue weighted by atomic mass is 9.88. The van der Waals surface area contributed by atoms with Crippen molar-refractivity contribution in [3.63, 3.8) is 0 Å². The van der Waals surface area contributed by atoms with Gasteiger partial charge in [-0.3, -0.25) is 14.4 Å². The van der Waals surface area contributed by atoms with Gasteiger partial charge in [0.1, 0.15) is 6.04 Å². The summed E-state index contributed by atoms with van der Waals surface area (Å²) < 4.78 is 10.7. The van der Waals surface area contributed by atoms with E-state index in [1.807, 2.05) is 19.9 Å². The molecule has 2 N–H and O–H groups in total. The van der Waals surface area contributed by atoms with Crippen LogP contribution >= 0.6 is 0 Å². The highest BCUT2D eigenvalue weighted by Gasteiger charge is 2.34. The molecule has 2 heterocycles. The van der Waals surface area contributed by atoms with Crippen molar-refractivity contribution in [2.75, 3.05) is 26.4 Å². The number of rotatable bonds is 7. The van der Waals surface area contributed by atoms with Crippen LogP contribution in [0.1, 0.15) is 47.4 Å². The van der Waals surface area contributed by atoms with Gasteiger partial charge in [0.05, 0.1) is 0 Å². The number of ether oxygens (including phenoxy) is 2. The van der Waals surface area contributed by atoms with Crippen molar-refractivity contribution in [1.82, 2.24) is 15.5 Å². The quantitative estimate of drug-likeness (QED) is 0.656. The van der Waals surface area contributed by atoms with E-state index in [0.29, 0.717) is 61.0 Å². The number of nitrogens with zero attached hydrogens (tertiary/aromatic N) is 1. The van der Waals surface area contributed by atoms with E-state index < -0.39 is 6.04 Å². The lowest BCUT2D eigenvalue weighted by Crippen LogP contribution is -2.54. The molecule has 0 radical (unpaired) electrons. The van der Waals surface area contributed by atoms with Gasteiger partial charge in [-0.15, -0.1) is 0 Å². The van der Waals surface area contributed by atoms with Crippen LogP contribution in [-0.2, 0) is 4.79 Å². The first-order valence-corrected chi connectivity index (χ1v) is 11.7. The zero-order chi connectivity index (χ0) is 24.1. The van der Waals surface area contributed by atoms with Gasteiger partial charge in [0, 0.05) is 30.8 Å². The minimum absolute atomic E-state index is 0.0689. The van der Waals surface area contributed by atoms with Gasteiger partial charge in [-0.1, -0.05) is 32.0 Å². The molecule has 8 heteroatoms. The minimum Gasteiger partial charge on any atom is -0.454 e. The number of benzene rings is 2. The molecule has 1 fully saturated rings. The predicted octanol–water partition coefficient (Wildman–Crippen LogP) is 2.84. The first-order chi connectivity index (χ1) is 16.4. The lowest BCUT2D eigenvalue weighted by Gasteiger charge is -2.36. The molecule has 0 saturated carbocycles. The number of hydrogen-bond donors (Lipinski definition) is 2. The van der Waals surface area contributed by atoms with Crippen molar-refractivity contribution in [2.24, 2.45) is 11.8 Å². The van der Waals surface area contributed by atoms with E-state index in [0.717, 1.165) is 0 Å². The first kappa shape index (κ1) is 23.6. The number of fused-ring (bicyclic) bond motifs is 1. The van der Waals surface area contributed by atoms with Crippen molar-refractivity contribution < 1.29 is 23.9 Å². The van der Waals surface area contributed by atoms with Gasteiger partial charge in [0.2, 0.25) is 12.7 Å². The standard InChI is InChI=1S/C26H31N3O5/c1-17(2)15-27-25(31)23(28-24(30)19-6-4-3-5-7-19)18-10-12-29(13-11-18)26(32)20-8-9-21-22(14-20)34-16-33-21/h3-9,14,17-18,23H,10-13,15-16H2,1-2H3,(H,27,31)(H,28,30)/t23-/m1/s1. The lowest BCUT2D eigenvalue weighted by molar-refractivity contribution is -0.124. The van der Waals surface area contributed by atoms with Crippen LogP contribution in [0, 0.1) is 11.8 Å². The monoisotopic (exact) mass is 465 g/mol. The normalized spacial score (nSPS) is 16.3. The Bertz CT molecular complexity index is 1030.